The van der Waals surface area contributed by atoms with E-state index in [0.717, 1.165) is 45.1 Å². The number of nitrogens with zero attached hydrogens (tertiary/aromatic N) is 1. The van der Waals surface area contributed by atoms with Gasteiger partial charge in [-0.25, -0.2) is 4.79 Å². The van der Waals surface area contributed by atoms with Crippen LogP contribution in [-0.4, -0.2) is 90.5 Å². The Balaban J connectivity index is 2.23. The summed E-state index contributed by atoms with van der Waals surface area (Å²) in [4.78, 5) is 68.5. The van der Waals surface area contributed by atoms with E-state index in [1.54, 1.807) is 6.08 Å². The normalized spacial score (nSPS) is 19.8. The summed E-state index contributed by atoms with van der Waals surface area (Å²) in [6, 6.07) is -3.76. The topological polar surface area (TPSA) is 166 Å². The van der Waals surface area contributed by atoms with E-state index in [2.05, 4.69) is 45.7 Å². The molecule has 1 heterocycles. The van der Waals surface area contributed by atoms with E-state index < -0.39 is 59.0 Å². The third-order valence-electron chi connectivity index (χ3n) is 9.26. The molecule has 1 saturated heterocycles. The zero-order valence-corrected chi connectivity index (χ0v) is 30.3. The summed E-state index contributed by atoms with van der Waals surface area (Å²) in [6.45, 7) is 14.6. The highest BCUT2D eigenvalue weighted by molar-refractivity contribution is 7.65. The van der Waals surface area contributed by atoms with Gasteiger partial charge in [-0.05, 0) is 50.0 Å². The molecule has 5 amide bonds. The molecule has 0 bridgehead atoms. The van der Waals surface area contributed by atoms with Crippen molar-refractivity contribution in [3.8, 4) is 12.3 Å². The number of carbonyl (C=O) groups is 5. The Hall–Kier alpha value is -3.63. The van der Waals surface area contributed by atoms with E-state index in [1.165, 1.54) is 17.4 Å². The lowest BCUT2D eigenvalue weighted by Crippen LogP contribution is -2.61. The fourth-order valence-electron chi connectivity index (χ4n) is 6.51. The van der Waals surface area contributed by atoms with Gasteiger partial charge in [-0.15, -0.1) is 25.5 Å². The Morgan fingerprint density at radius 1 is 1.02 bits per heavy atom. The van der Waals surface area contributed by atoms with Gasteiger partial charge in [0.25, 0.3) is 5.91 Å². The van der Waals surface area contributed by atoms with Crippen molar-refractivity contribution in [2.45, 2.75) is 109 Å². The Bertz CT molecular complexity index is 1210. The van der Waals surface area contributed by atoms with Crippen LogP contribution >= 0.6 is 0 Å². The molecule has 1 aliphatic carbocycles. The first-order chi connectivity index (χ1) is 23.4. The summed E-state index contributed by atoms with van der Waals surface area (Å²) >= 11 is 0.590. The van der Waals surface area contributed by atoms with Crippen LogP contribution in [0.25, 0.3) is 0 Å². The minimum absolute atomic E-state index is 0.0462. The second-order valence-corrected chi connectivity index (χ2v) is 14.6. The van der Waals surface area contributed by atoms with E-state index in [4.69, 9.17) is 6.42 Å². The summed E-state index contributed by atoms with van der Waals surface area (Å²) in [5.74, 6) is 0.161. The smallest absolute Gasteiger partial charge is 0.346 e. The quantitative estimate of drug-likeness (QED) is 0.0428. The SMILES string of the molecule is C#CCCC(NC(=O)[C@@H]1[C@@H](C=C)CCN1C(=O)[C@@H](NC(=O)N[C@H](CNCCCC[S+]=O)C1CCCCC1)C(C)(C)C)C(=O)C(=O)NCC=C. The maximum absolute atomic E-state index is 14.3. The summed E-state index contributed by atoms with van der Waals surface area (Å²) in [7, 11) is 0. The molecule has 1 unspecified atom stereocenters. The van der Waals surface area contributed by atoms with E-state index >= 15 is 0 Å². The van der Waals surface area contributed by atoms with Crippen molar-refractivity contribution in [1.29, 1.82) is 0 Å². The first-order valence-corrected chi connectivity index (χ1v) is 18.4. The second kappa shape index (κ2) is 21.5. The van der Waals surface area contributed by atoms with E-state index in [-0.39, 0.29) is 32.0 Å². The average Bonchev–Trinajstić information content (AvgIpc) is 3.52. The molecule has 0 aromatic heterocycles. The van der Waals surface area contributed by atoms with Crippen LogP contribution in [0.1, 0.15) is 85.0 Å². The fourth-order valence-corrected chi connectivity index (χ4v) is 6.83. The van der Waals surface area contributed by atoms with Crippen molar-refractivity contribution in [3.63, 3.8) is 0 Å². The van der Waals surface area contributed by atoms with Gasteiger partial charge in [0, 0.05) is 48.6 Å². The van der Waals surface area contributed by atoms with Gasteiger partial charge in [0.05, 0.1) is 6.04 Å². The molecule has 2 rings (SSSR count). The van der Waals surface area contributed by atoms with Crippen LogP contribution in [0, 0.1) is 29.6 Å². The van der Waals surface area contributed by atoms with E-state index in [9.17, 15) is 28.2 Å². The van der Waals surface area contributed by atoms with Crippen molar-refractivity contribution in [2.24, 2.45) is 17.3 Å². The number of rotatable bonds is 20. The lowest BCUT2D eigenvalue weighted by atomic mass is 9.83. The number of urea groups is 1. The summed E-state index contributed by atoms with van der Waals surface area (Å²) in [5.41, 5.74) is -0.714. The first kappa shape index (κ1) is 41.5. The van der Waals surface area contributed by atoms with Gasteiger partial charge in [0.15, 0.2) is 0 Å². The molecule has 2 aliphatic rings. The lowest BCUT2D eigenvalue weighted by molar-refractivity contribution is -0.144. The van der Waals surface area contributed by atoms with Crippen molar-refractivity contribution in [2.75, 3.05) is 31.9 Å². The lowest BCUT2D eigenvalue weighted by Gasteiger charge is -2.37. The number of ketones is 1. The van der Waals surface area contributed by atoms with E-state index in [1.807, 2.05) is 20.8 Å². The number of hydrogen-bond acceptors (Lipinski definition) is 7. The number of hydrogen-bond donors (Lipinski definition) is 5. The molecule has 5 N–H and O–H groups in total. The van der Waals surface area contributed by atoms with Gasteiger partial charge in [0.1, 0.15) is 12.1 Å². The molecule has 5 atom stereocenters. The number of terminal acetylenes is 1. The molecule has 2 fully saturated rings. The van der Waals surface area contributed by atoms with Gasteiger partial charge >= 0.3 is 17.7 Å². The zero-order chi connectivity index (χ0) is 36.4. The molecule has 12 nitrogen and oxygen atoms in total. The minimum atomic E-state index is -1.19. The molecule has 0 spiro atoms. The van der Waals surface area contributed by atoms with Gasteiger partial charge in [0.2, 0.25) is 23.4 Å². The van der Waals surface area contributed by atoms with Crippen LogP contribution in [0.5, 0.6) is 0 Å². The van der Waals surface area contributed by atoms with Crippen LogP contribution < -0.4 is 26.6 Å². The molecular formula is C36H57N6O6S+. The number of nitrogens with one attached hydrogen (secondary N) is 5. The molecule has 272 valence electrons. The first-order valence-electron chi connectivity index (χ1n) is 17.5. The molecular weight excluding hydrogens is 644 g/mol. The van der Waals surface area contributed by atoms with Crippen molar-refractivity contribution < 1.29 is 28.2 Å². The highest BCUT2D eigenvalue weighted by atomic mass is 32.1. The van der Waals surface area contributed by atoms with E-state index in [0.29, 0.717) is 36.3 Å². The van der Waals surface area contributed by atoms with Crippen LogP contribution in [0.3, 0.4) is 0 Å². The molecule has 1 saturated carbocycles. The maximum Gasteiger partial charge on any atom is 0.458 e. The van der Waals surface area contributed by atoms with Crippen LogP contribution in [0.4, 0.5) is 4.79 Å². The standard InChI is InChI=1S/C36H56N6O6S/c1-7-10-18-27(30(43)33(45)38-20-8-2)39-32(44)29-25(9-3)19-22-42(29)34(46)31(36(4,5)6)41-35(47)40-28(26-16-12-11-13-17-26)24-37-21-14-15-23-49-48/h1,8-9,25-29,31,37H,2-3,10-24H2,4-6H3,(H3-,38,39,40,41,44,45,47)/p+1/t25-,27?,28+,29-,31+/m0/s1. The van der Waals surface area contributed by atoms with Crippen molar-refractivity contribution >= 4 is 41.2 Å². The third kappa shape index (κ3) is 13.3. The van der Waals surface area contributed by atoms with Crippen LogP contribution in [0.2, 0.25) is 0 Å². The highest BCUT2D eigenvalue weighted by Crippen LogP contribution is 2.30. The predicted molar refractivity (Wildman–Crippen MR) is 192 cm³/mol. The Kier molecular flexibility index (Phi) is 18.2. The summed E-state index contributed by atoms with van der Waals surface area (Å²) in [6.07, 6.45) is 16.2. The number of carbonyl (C=O) groups excluding carboxylic acids is 5. The largest absolute Gasteiger partial charge is 0.458 e. The fraction of sp³-hybridized carbons (Fsp3) is 0.694. The number of Topliss-reactive ketones (excluding diaryl/α,β-unsaturated/α-hetero) is 1. The van der Waals surface area contributed by atoms with Crippen LogP contribution in [0.15, 0.2) is 25.3 Å². The summed E-state index contributed by atoms with van der Waals surface area (Å²) < 4.78 is 10.7. The summed E-state index contributed by atoms with van der Waals surface area (Å²) in [5, 5.41) is 14.6. The highest BCUT2D eigenvalue weighted by Gasteiger charge is 2.46. The third-order valence-corrected chi connectivity index (χ3v) is 9.71. The van der Waals surface area contributed by atoms with Gasteiger partial charge < -0.3 is 31.5 Å². The molecule has 49 heavy (non-hydrogen) atoms. The maximum atomic E-state index is 14.3. The Morgan fingerprint density at radius 3 is 2.35 bits per heavy atom. The van der Waals surface area contributed by atoms with Gasteiger partial charge in [-0.1, -0.05) is 52.2 Å². The van der Waals surface area contributed by atoms with Gasteiger partial charge in [-0.2, -0.15) is 0 Å². The minimum Gasteiger partial charge on any atom is -0.346 e. The van der Waals surface area contributed by atoms with Crippen molar-refractivity contribution in [3.05, 3.63) is 25.3 Å². The van der Waals surface area contributed by atoms with Crippen molar-refractivity contribution in [1.82, 2.24) is 31.5 Å². The van der Waals surface area contributed by atoms with Crippen LogP contribution in [-0.2, 0) is 35.1 Å². The molecule has 0 radical (unpaired) electrons. The zero-order valence-electron chi connectivity index (χ0n) is 29.5. The van der Waals surface area contributed by atoms with Gasteiger partial charge in [-0.3, -0.25) is 19.2 Å². The number of likely N-dealkylation sites (tertiary alicyclic amines) is 1. The predicted octanol–water partition coefficient (Wildman–Crippen LogP) is 2.62. The molecule has 1 aliphatic heterocycles. The monoisotopic (exact) mass is 701 g/mol. The Morgan fingerprint density at radius 2 is 1.73 bits per heavy atom. The average molecular weight is 702 g/mol. The molecule has 0 aromatic rings. The molecule has 0 aromatic carbocycles. The molecule has 13 heteroatoms. The number of amides is 5. The second-order valence-electron chi connectivity index (χ2n) is 14.0. The Labute approximate surface area is 296 Å². The number of unbranched alkanes of at least 4 members (excludes halogenated alkanes) is 1.